The third kappa shape index (κ3) is 6.15. The van der Waals surface area contributed by atoms with Crippen molar-refractivity contribution in [2.75, 3.05) is 26.7 Å². The molecule has 0 radical (unpaired) electrons. The number of thiazole rings is 1. The molecule has 0 amide bonds. The lowest BCUT2D eigenvalue weighted by molar-refractivity contribution is 0.325. The predicted molar refractivity (Wildman–Crippen MR) is 75.5 cm³/mol. The van der Waals surface area contributed by atoms with Crippen molar-refractivity contribution in [2.45, 2.75) is 33.7 Å². The van der Waals surface area contributed by atoms with Crippen LogP contribution in [0.15, 0.2) is 5.51 Å². The summed E-state index contributed by atoms with van der Waals surface area (Å²) in [7, 11) is 2.17. The number of aryl methyl sites for hydroxylation is 1. The highest BCUT2D eigenvalue weighted by molar-refractivity contribution is 7.09. The first-order chi connectivity index (χ1) is 8.09. The van der Waals surface area contributed by atoms with Crippen molar-refractivity contribution < 1.29 is 0 Å². The van der Waals surface area contributed by atoms with Gasteiger partial charge in [-0.15, -0.1) is 11.3 Å². The van der Waals surface area contributed by atoms with Gasteiger partial charge in [-0.3, -0.25) is 4.90 Å². The molecular weight excluding hydrogens is 230 g/mol. The molecule has 1 N–H and O–H groups in total. The van der Waals surface area contributed by atoms with Gasteiger partial charge in [-0.05, 0) is 32.9 Å². The maximum absolute atomic E-state index is 4.28. The van der Waals surface area contributed by atoms with Crippen LogP contribution in [-0.4, -0.2) is 36.6 Å². The van der Waals surface area contributed by atoms with E-state index in [1.54, 1.807) is 11.3 Å². The molecule has 1 aromatic rings. The van der Waals surface area contributed by atoms with Crippen LogP contribution < -0.4 is 5.32 Å². The van der Waals surface area contributed by atoms with E-state index in [4.69, 9.17) is 0 Å². The summed E-state index contributed by atoms with van der Waals surface area (Å²) in [5, 5.41) is 3.49. The Kier molecular flexibility index (Phi) is 6.70. The molecule has 0 atom stereocenters. The van der Waals surface area contributed by atoms with Gasteiger partial charge in [-0.1, -0.05) is 13.8 Å². The first kappa shape index (κ1) is 14.6. The molecule has 0 saturated heterocycles. The highest BCUT2D eigenvalue weighted by Gasteiger charge is 2.05. The van der Waals surface area contributed by atoms with Crippen molar-refractivity contribution in [3.63, 3.8) is 0 Å². The van der Waals surface area contributed by atoms with Crippen LogP contribution in [-0.2, 0) is 6.54 Å². The van der Waals surface area contributed by atoms with Crippen molar-refractivity contribution >= 4 is 11.3 Å². The smallest absolute Gasteiger partial charge is 0.0798 e. The van der Waals surface area contributed by atoms with E-state index in [9.17, 15) is 0 Å². The van der Waals surface area contributed by atoms with Gasteiger partial charge in [0.15, 0.2) is 0 Å². The van der Waals surface area contributed by atoms with Crippen LogP contribution in [0.1, 0.15) is 30.8 Å². The minimum absolute atomic E-state index is 0.792. The second-order valence-electron chi connectivity index (χ2n) is 5.03. The van der Waals surface area contributed by atoms with Gasteiger partial charge >= 0.3 is 0 Å². The summed E-state index contributed by atoms with van der Waals surface area (Å²) < 4.78 is 0. The van der Waals surface area contributed by atoms with Crippen LogP contribution in [0.25, 0.3) is 0 Å². The fourth-order valence-corrected chi connectivity index (χ4v) is 2.44. The Morgan fingerprint density at radius 2 is 2.18 bits per heavy atom. The number of hydrogen-bond donors (Lipinski definition) is 1. The monoisotopic (exact) mass is 255 g/mol. The zero-order valence-electron chi connectivity index (χ0n) is 11.5. The highest BCUT2D eigenvalue weighted by atomic mass is 32.1. The van der Waals surface area contributed by atoms with Crippen molar-refractivity contribution in [3.8, 4) is 0 Å². The van der Waals surface area contributed by atoms with Gasteiger partial charge < -0.3 is 5.32 Å². The summed E-state index contributed by atoms with van der Waals surface area (Å²) in [5.41, 5.74) is 3.11. The lowest BCUT2D eigenvalue weighted by Gasteiger charge is -2.16. The molecule has 1 aromatic heterocycles. The van der Waals surface area contributed by atoms with E-state index in [0.717, 1.165) is 32.1 Å². The van der Waals surface area contributed by atoms with Gasteiger partial charge in [0.25, 0.3) is 0 Å². The second kappa shape index (κ2) is 7.80. The molecule has 0 unspecified atom stereocenters. The fourth-order valence-electron chi connectivity index (χ4n) is 1.59. The summed E-state index contributed by atoms with van der Waals surface area (Å²) >= 11 is 1.75. The molecule has 98 valence electrons. The van der Waals surface area contributed by atoms with Crippen LogP contribution >= 0.6 is 11.3 Å². The summed E-state index contributed by atoms with van der Waals surface area (Å²) in [4.78, 5) is 8.01. The number of aromatic nitrogens is 1. The topological polar surface area (TPSA) is 28.2 Å². The van der Waals surface area contributed by atoms with Gasteiger partial charge in [0.05, 0.1) is 11.2 Å². The lowest BCUT2D eigenvalue weighted by Crippen LogP contribution is -2.29. The summed E-state index contributed by atoms with van der Waals surface area (Å²) in [6.07, 6.45) is 1.26. The molecule has 3 nitrogen and oxygen atoms in total. The van der Waals surface area contributed by atoms with Crippen LogP contribution in [0.5, 0.6) is 0 Å². The molecule has 17 heavy (non-hydrogen) atoms. The summed E-state index contributed by atoms with van der Waals surface area (Å²) in [6, 6.07) is 0. The minimum atomic E-state index is 0.792. The van der Waals surface area contributed by atoms with Gasteiger partial charge in [0, 0.05) is 24.5 Å². The molecule has 0 aliphatic carbocycles. The molecule has 0 saturated carbocycles. The third-order valence-electron chi connectivity index (χ3n) is 2.83. The molecule has 0 aliphatic rings. The number of likely N-dealkylation sites (N-methyl/N-ethyl adjacent to an activating group) is 1. The van der Waals surface area contributed by atoms with Gasteiger partial charge in [0.1, 0.15) is 0 Å². The molecule has 4 heteroatoms. The standard InChI is InChI=1S/C13H25N3S/c1-11(2)5-6-14-7-8-16(4)9-13-12(3)15-10-17-13/h10-11,14H,5-9H2,1-4H3. The molecule has 0 aromatic carbocycles. The maximum atomic E-state index is 4.28. The van der Waals surface area contributed by atoms with Gasteiger partial charge in [-0.2, -0.15) is 0 Å². The molecular formula is C13H25N3S. The first-order valence-corrected chi connectivity index (χ1v) is 7.25. The fraction of sp³-hybridized carbons (Fsp3) is 0.769. The van der Waals surface area contributed by atoms with Crippen LogP contribution in [0, 0.1) is 12.8 Å². The Morgan fingerprint density at radius 3 is 2.76 bits per heavy atom. The third-order valence-corrected chi connectivity index (χ3v) is 3.75. The zero-order valence-corrected chi connectivity index (χ0v) is 12.3. The van der Waals surface area contributed by atoms with Crippen molar-refractivity contribution in [2.24, 2.45) is 5.92 Å². The molecule has 0 bridgehead atoms. The van der Waals surface area contributed by atoms with E-state index in [1.807, 2.05) is 5.51 Å². The zero-order chi connectivity index (χ0) is 12.7. The lowest BCUT2D eigenvalue weighted by atomic mass is 10.1. The summed E-state index contributed by atoms with van der Waals surface area (Å²) in [6.45, 7) is 10.9. The van der Waals surface area contributed by atoms with Crippen molar-refractivity contribution in [1.82, 2.24) is 15.2 Å². The Labute approximate surface area is 109 Å². The Bertz CT molecular complexity index is 309. The van der Waals surface area contributed by atoms with E-state index in [0.29, 0.717) is 0 Å². The number of hydrogen-bond acceptors (Lipinski definition) is 4. The summed E-state index contributed by atoms with van der Waals surface area (Å²) in [5.74, 6) is 0.792. The minimum Gasteiger partial charge on any atom is -0.315 e. The predicted octanol–water partition coefficient (Wildman–Crippen LogP) is 2.52. The number of nitrogens with zero attached hydrogens (tertiary/aromatic N) is 2. The van der Waals surface area contributed by atoms with Crippen LogP contribution in [0.2, 0.25) is 0 Å². The van der Waals surface area contributed by atoms with E-state index in [1.165, 1.54) is 17.0 Å². The number of rotatable bonds is 8. The molecule has 1 heterocycles. The maximum Gasteiger partial charge on any atom is 0.0798 e. The molecule has 0 fully saturated rings. The van der Waals surface area contributed by atoms with Crippen molar-refractivity contribution in [3.05, 3.63) is 16.1 Å². The molecule has 0 aliphatic heterocycles. The van der Waals surface area contributed by atoms with E-state index >= 15 is 0 Å². The Hall–Kier alpha value is -0.450. The highest BCUT2D eigenvalue weighted by Crippen LogP contribution is 2.13. The quantitative estimate of drug-likeness (QED) is 0.724. The molecule has 1 rings (SSSR count). The van der Waals surface area contributed by atoms with Crippen LogP contribution in [0.3, 0.4) is 0 Å². The largest absolute Gasteiger partial charge is 0.315 e. The van der Waals surface area contributed by atoms with Gasteiger partial charge in [-0.25, -0.2) is 4.98 Å². The average molecular weight is 255 g/mol. The van der Waals surface area contributed by atoms with Crippen molar-refractivity contribution in [1.29, 1.82) is 0 Å². The Morgan fingerprint density at radius 1 is 1.41 bits per heavy atom. The SMILES string of the molecule is Cc1ncsc1CN(C)CCNCCC(C)C. The number of nitrogens with one attached hydrogen (secondary N) is 1. The Balaban J connectivity index is 2.09. The van der Waals surface area contributed by atoms with Crippen LogP contribution in [0.4, 0.5) is 0 Å². The van der Waals surface area contributed by atoms with E-state index in [2.05, 4.69) is 43.0 Å². The normalized spacial score (nSPS) is 11.6. The van der Waals surface area contributed by atoms with E-state index in [-0.39, 0.29) is 0 Å². The second-order valence-corrected chi connectivity index (χ2v) is 5.97. The first-order valence-electron chi connectivity index (χ1n) is 6.37. The van der Waals surface area contributed by atoms with Gasteiger partial charge in [0.2, 0.25) is 0 Å². The molecule has 0 spiro atoms. The average Bonchev–Trinajstić information content (AvgIpc) is 2.63. The van der Waals surface area contributed by atoms with E-state index < -0.39 is 0 Å².